The SMILES string of the molecule is COc1ccc(NC(=O)C(c2ccccc2)N(Cc2ccc(F)cc2)C(=O)Cc2ccccc2)cc1. The molecule has 2 amide bonds. The Bertz CT molecular complexity index is 1280. The molecule has 5 nitrogen and oxygen atoms in total. The van der Waals surface area contributed by atoms with Crippen LogP contribution < -0.4 is 10.1 Å². The Morgan fingerprint density at radius 1 is 0.806 bits per heavy atom. The molecule has 0 saturated heterocycles. The smallest absolute Gasteiger partial charge is 0.251 e. The third-order valence-corrected chi connectivity index (χ3v) is 5.82. The van der Waals surface area contributed by atoms with Gasteiger partial charge < -0.3 is 15.0 Å². The van der Waals surface area contributed by atoms with E-state index in [-0.39, 0.29) is 30.6 Å². The van der Waals surface area contributed by atoms with Crippen molar-refractivity contribution < 1.29 is 18.7 Å². The number of halogens is 1. The lowest BCUT2D eigenvalue weighted by atomic mass is 10.0. The molecule has 0 spiro atoms. The highest BCUT2D eigenvalue weighted by Crippen LogP contribution is 2.27. The summed E-state index contributed by atoms with van der Waals surface area (Å²) in [6.07, 6.45) is 0.126. The van der Waals surface area contributed by atoms with Crippen molar-refractivity contribution in [3.05, 3.63) is 132 Å². The number of methoxy groups -OCH3 is 1. The van der Waals surface area contributed by atoms with Crippen molar-refractivity contribution in [1.82, 2.24) is 4.90 Å². The molecule has 0 saturated carbocycles. The first-order chi connectivity index (χ1) is 17.5. The third kappa shape index (κ3) is 6.36. The normalized spacial score (nSPS) is 11.4. The largest absolute Gasteiger partial charge is 0.497 e. The number of anilines is 1. The average molecular weight is 483 g/mol. The number of carbonyl (C=O) groups is 2. The lowest BCUT2D eigenvalue weighted by Crippen LogP contribution is -2.41. The molecule has 1 unspecified atom stereocenters. The second kappa shape index (κ2) is 11.8. The topological polar surface area (TPSA) is 58.6 Å². The first-order valence-corrected chi connectivity index (χ1v) is 11.6. The zero-order chi connectivity index (χ0) is 25.3. The Balaban J connectivity index is 1.70. The van der Waals surface area contributed by atoms with E-state index >= 15 is 0 Å². The first kappa shape index (κ1) is 24.7. The van der Waals surface area contributed by atoms with Crippen LogP contribution in [0.5, 0.6) is 5.75 Å². The van der Waals surface area contributed by atoms with Gasteiger partial charge >= 0.3 is 0 Å². The highest BCUT2D eigenvalue weighted by Gasteiger charge is 2.31. The molecule has 36 heavy (non-hydrogen) atoms. The van der Waals surface area contributed by atoms with Gasteiger partial charge in [-0.1, -0.05) is 72.8 Å². The maximum atomic E-state index is 13.7. The summed E-state index contributed by atoms with van der Waals surface area (Å²) in [6.45, 7) is 0.140. The van der Waals surface area contributed by atoms with Crippen molar-refractivity contribution in [2.24, 2.45) is 0 Å². The van der Waals surface area contributed by atoms with Crippen LogP contribution in [0.4, 0.5) is 10.1 Å². The van der Waals surface area contributed by atoms with Crippen LogP contribution in [0.1, 0.15) is 22.7 Å². The van der Waals surface area contributed by atoms with Gasteiger partial charge in [0, 0.05) is 12.2 Å². The Morgan fingerprint density at radius 2 is 1.42 bits per heavy atom. The van der Waals surface area contributed by atoms with E-state index in [1.165, 1.54) is 12.1 Å². The van der Waals surface area contributed by atoms with Crippen molar-refractivity contribution >= 4 is 17.5 Å². The van der Waals surface area contributed by atoms with E-state index in [9.17, 15) is 14.0 Å². The number of nitrogens with zero attached hydrogens (tertiary/aromatic N) is 1. The average Bonchev–Trinajstić information content (AvgIpc) is 2.91. The number of hydrogen-bond donors (Lipinski definition) is 1. The molecule has 0 heterocycles. The monoisotopic (exact) mass is 482 g/mol. The molecule has 4 aromatic carbocycles. The Labute approximate surface area is 210 Å². The Hall–Kier alpha value is -4.45. The molecule has 0 radical (unpaired) electrons. The number of ether oxygens (including phenoxy) is 1. The summed E-state index contributed by atoms with van der Waals surface area (Å²) < 4.78 is 18.8. The number of benzene rings is 4. The van der Waals surface area contributed by atoms with Gasteiger partial charge in [0.1, 0.15) is 17.6 Å². The summed E-state index contributed by atoms with van der Waals surface area (Å²) in [5.74, 6) is -0.263. The molecule has 4 aromatic rings. The van der Waals surface area contributed by atoms with Crippen LogP contribution in [0.25, 0.3) is 0 Å². The second-order valence-corrected chi connectivity index (χ2v) is 8.34. The van der Waals surface area contributed by atoms with E-state index in [0.717, 1.165) is 11.1 Å². The predicted octanol–water partition coefficient (Wildman–Crippen LogP) is 5.79. The molecule has 0 aliphatic heterocycles. The van der Waals surface area contributed by atoms with Gasteiger partial charge in [-0.25, -0.2) is 4.39 Å². The van der Waals surface area contributed by atoms with Crippen LogP contribution in [0.2, 0.25) is 0 Å². The van der Waals surface area contributed by atoms with Gasteiger partial charge in [0.05, 0.1) is 13.5 Å². The first-order valence-electron chi connectivity index (χ1n) is 11.6. The highest BCUT2D eigenvalue weighted by molar-refractivity contribution is 5.98. The molecule has 182 valence electrons. The second-order valence-electron chi connectivity index (χ2n) is 8.34. The fraction of sp³-hybridized carbons (Fsp3) is 0.133. The van der Waals surface area contributed by atoms with E-state index in [2.05, 4.69) is 5.32 Å². The van der Waals surface area contributed by atoms with Gasteiger partial charge in [0.15, 0.2) is 0 Å². The summed E-state index contributed by atoms with van der Waals surface area (Å²) in [4.78, 5) is 29.0. The third-order valence-electron chi connectivity index (χ3n) is 5.82. The highest BCUT2D eigenvalue weighted by atomic mass is 19.1. The van der Waals surface area contributed by atoms with Gasteiger partial charge in [-0.15, -0.1) is 0 Å². The van der Waals surface area contributed by atoms with Crippen molar-refractivity contribution in [1.29, 1.82) is 0 Å². The number of nitrogens with one attached hydrogen (secondary N) is 1. The molecule has 0 aromatic heterocycles. The molecule has 0 fully saturated rings. The standard InChI is InChI=1S/C30H27FN2O3/c1-36-27-18-16-26(17-19-27)32-30(35)29(24-10-6-3-7-11-24)33(21-23-12-14-25(31)15-13-23)28(34)20-22-8-4-2-5-9-22/h2-19,29H,20-21H2,1H3,(H,32,35). The Morgan fingerprint density at radius 3 is 2.03 bits per heavy atom. The molecular weight excluding hydrogens is 455 g/mol. The van der Waals surface area contributed by atoms with Gasteiger partial charge in [0.25, 0.3) is 5.91 Å². The van der Waals surface area contributed by atoms with Gasteiger partial charge in [-0.05, 0) is 53.1 Å². The lowest BCUT2D eigenvalue weighted by molar-refractivity contribution is -0.139. The van der Waals surface area contributed by atoms with E-state index in [1.54, 1.807) is 48.4 Å². The summed E-state index contributed by atoms with van der Waals surface area (Å²) in [6, 6.07) is 30.6. The van der Waals surface area contributed by atoms with Crippen LogP contribution >= 0.6 is 0 Å². The summed E-state index contributed by atoms with van der Waals surface area (Å²) in [7, 11) is 1.57. The molecule has 1 N–H and O–H groups in total. The van der Waals surface area contributed by atoms with Crippen LogP contribution in [0.15, 0.2) is 109 Å². The van der Waals surface area contributed by atoms with Crippen LogP contribution in [0, 0.1) is 5.82 Å². The summed E-state index contributed by atoms with van der Waals surface area (Å²) >= 11 is 0. The molecule has 0 aliphatic rings. The van der Waals surface area contributed by atoms with E-state index in [0.29, 0.717) is 17.0 Å². The zero-order valence-corrected chi connectivity index (χ0v) is 19.9. The van der Waals surface area contributed by atoms with Crippen molar-refractivity contribution in [2.75, 3.05) is 12.4 Å². The van der Waals surface area contributed by atoms with Gasteiger partial charge in [0.2, 0.25) is 5.91 Å². The van der Waals surface area contributed by atoms with E-state index < -0.39 is 6.04 Å². The number of rotatable bonds is 9. The summed E-state index contributed by atoms with van der Waals surface area (Å²) in [5, 5.41) is 2.94. The van der Waals surface area contributed by atoms with Crippen LogP contribution in [-0.2, 0) is 22.6 Å². The van der Waals surface area contributed by atoms with Crippen molar-refractivity contribution in [3.63, 3.8) is 0 Å². The number of amides is 2. The number of carbonyl (C=O) groups excluding carboxylic acids is 2. The zero-order valence-electron chi connectivity index (χ0n) is 19.9. The minimum atomic E-state index is -0.908. The van der Waals surface area contributed by atoms with Crippen molar-refractivity contribution in [2.45, 2.75) is 19.0 Å². The molecule has 6 heteroatoms. The number of hydrogen-bond acceptors (Lipinski definition) is 3. The fourth-order valence-electron chi connectivity index (χ4n) is 3.98. The molecule has 0 bridgehead atoms. The van der Waals surface area contributed by atoms with Gasteiger partial charge in [-0.3, -0.25) is 9.59 Å². The fourth-order valence-corrected chi connectivity index (χ4v) is 3.98. The van der Waals surface area contributed by atoms with E-state index in [1.807, 2.05) is 60.7 Å². The maximum Gasteiger partial charge on any atom is 0.251 e. The maximum absolute atomic E-state index is 13.7. The summed E-state index contributed by atoms with van der Waals surface area (Å²) in [5.41, 5.74) is 2.82. The molecule has 1 atom stereocenters. The molecule has 4 rings (SSSR count). The van der Waals surface area contributed by atoms with Crippen LogP contribution in [0.3, 0.4) is 0 Å². The predicted molar refractivity (Wildman–Crippen MR) is 138 cm³/mol. The van der Waals surface area contributed by atoms with Crippen molar-refractivity contribution in [3.8, 4) is 5.75 Å². The minimum absolute atomic E-state index is 0.126. The van der Waals surface area contributed by atoms with Gasteiger partial charge in [-0.2, -0.15) is 0 Å². The van der Waals surface area contributed by atoms with Crippen LogP contribution in [-0.4, -0.2) is 23.8 Å². The quantitative estimate of drug-likeness (QED) is 0.329. The minimum Gasteiger partial charge on any atom is -0.497 e. The van der Waals surface area contributed by atoms with E-state index in [4.69, 9.17) is 4.74 Å². The molecular formula is C30H27FN2O3. The Kier molecular flexibility index (Phi) is 8.08. The lowest BCUT2D eigenvalue weighted by Gasteiger charge is -2.32. The molecule has 0 aliphatic carbocycles.